The molecule has 0 N–H and O–H groups in total. The van der Waals surface area contributed by atoms with Gasteiger partial charge in [0.05, 0.1) is 0 Å². The third-order valence-electron chi connectivity index (χ3n) is 4.58. The van der Waals surface area contributed by atoms with Gasteiger partial charge in [0.1, 0.15) is 11.5 Å². The van der Waals surface area contributed by atoms with Crippen LogP contribution in [-0.2, 0) is 9.59 Å². The van der Waals surface area contributed by atoms with Gasteiger partial charge in [0, 0.05) is 23.3 Å². The lowest BCUT2D eigenvalue weighted by Gasteiger charge is -2.04. The molecule has 3 aromatic rings. The first-order chi connectivity index (χ1) is 16.4. The van der Waals surface area contributed by atoms with E-state index in [1.54, 1.807) is 60.7 Å². The Labute approximate surface area is 195 Å². The number of halogens is 2. The molecule has 4 nitrogen and oxygen atoms in total. The Balaban J connectivity index is 1.69. The minimum Gasteiger partial charge on any atom is -0.423 e. The first kappa shape index (κ1) is 24.1. The predicted molar refractivity (Wildman–Crippen MR) is 129 cm³/mol. The molecule has 0 saturated carbocycles. The van der Waals surface area contributed by atoms with Crippen LogP contribution in [0.2, 0.25) is 0 Å². The molecule has 0 aliphatic carbocycles. The summed E-state index contributed by atoms with van der Waals surface area (Å²) in [6, 6.07) is 16.0. The number of rotatable bonds is 8. The average Bonchev–Trinajstić information content (AvgIpc) is 2.86. The zero-order valence-electron chi connectivity index (χ0n) is 18.0. The maximum atomic E-state index is 14.6. The fraction of sp³-hybridized carbons (Fsp3) is 0. The maximum absolute atomic E-state index is 14.6. The van der Waals surface area contributed by atoms with Crippen molar-refractivity contribution in [3.63, 3.8) is 0 Å². The Morgan fingerprint density at radius 1 is 0.588 bits per heavy atom. The lowest BCUT2D eigenvalue weighted by Crippen LogP contribution is -2.02. The number of benzene rings is 3. The van der Waals surface area contributed by atoms with Crippen molar-refractivity contribution in [2.45, 2.75) is 0 Å². The first-order valence-electron chi connectivity index (χ1n) is 10.1. The SMILES string of the molecule is C=CC(=O)Oc1ccc(/C=C/c2ccc(/C=C/c3ccc(OC(=O)C=C)cc3)c(F)c2F)cc1. The van der Waals surface area contributed by atoms with Crippen LogP contribution in [0.5, 0.6) is 11.5 Å². The van der Waals surface area contributed by atoms with E-state index in [-0.39, 0.29) is 11.1 Å². The summed E-state index contributed by atoms with van der Waals surface area (Å²) in [5.74, 6) is -2.38. The number of carbonyl (C=O) groups is 2. The van der Waals surface area contributed by atoms with Crippen LogP contribution in [0.3, 0.4) is 0 Å². The van der Waals surface area contributed by atoms with E-state index in [9.17, 15) is 18.4 Å². The van der Waals surface area contributed by atoms with Gasteiger partial charge in [-0.25, -0.2) is 18.4 Å². The van der Waals surface area contributed by atoms with Crippen LogP contribution < -0.4 is 9.47 Å². The van der Waals surface area contributed by atoms with Crippen LogP contribution >= 0.6 is 0 Å². The Morgan fingerprint density at radius 3 is 1.26 bits per heavy atom. The molecule has 170 valence electrons. The second-order valence-corrected chi connectivity index (χ2v) is 6.93. The molecule has 0 atom stereocenters. The van der Waals surface area contributed by atoms with Gasteiger partial charge in [-0.15, -0.1) is 0 Å². The fourth-order valence-corrected chi connectivity index (χ4v) is 2.82. The quantitative estimate of drug-likeness (QED) is 0.168. The molecule has 0 heterocycles. The van der Waals surface area contributed by atoms with E-state index < -0.39 is 23.6 Å². The molecule has 0 spiro atoms. The van der Waals surface area contributed by atoms with E-state index in [0.29, 0.717) is 22.6 Å². The molecule has 0 fully saturated rings. The second kappa shape index (κ2) is 11.3. The number of hydrogen-bond donors (Lipinski definition) is 0. The van der Waals surface area contributed by atoms with Crippen LogP contribution in [0.1, 0.15) is 22.3 Å². The third kappa shape index (κ3) is 6.46. The van der Waals surface area contributed by atoms with Crippen LogP contribution in [0.15, 0.2) is 86.0 Å². The summed E-state index contributed by atoms with van der Waals surface area (Å²) in [5.41, 5.74) is 1.60. The number of ether oxygens (including phenoxy) is 2. The second-order valence-electron chi connectivity index (χ2n) is 6.93. The summed E-state index contributed by atoms with van der Waals surface area (Å²) in [7, 11) is 0. The minimum absolute atomic E-state index is 0.0881. The van der Waals surface area contributed by atoms with Gasteiger partial charge in [-0.2, -0.15) is 0 Å². The van der Waals surface area contributed by atoms with Crippen molar-refractivity contribution >= 4 is 36.2 Å². The lowest BCUT2D eigenvalue weighted by atomic mass is 10.1. The molecule has 0 saturated heterocycles. The monoisotopic (exact) mass is 458 g/mol. The highest BCUT2D eigenvalue weighted by Crippen LogP contribution is 2.22. The molecule has 0 amide bonds. The molecule has 0 aromatic heterocycles. The highest BCUT2D eigenvalue weighted by atomic mass is 19.2. The third-order valence-corrected chi connectivity index (χ3v) is 4.58. The Morgan fingerprint density at radius 2 is 0.941 bits per heavy atom. The normalized spacial score (nSPS) is 10.9. The van der Waals surface area contributed by atoms with Gasteiger partial charge in [0.15, 0.2) is 11.6 Å². The topological polar surface area (TPSA) is 52.6 Å². The smallest absolute Gasteiger partial charge is 0.335 e. The Hall–Kier alpha value is -4.58. The van der Waals surface area contributed by atoms with E-state index in [1.807, 2.05) is 0 Å². The van der Waals surface area contributed by atoms with Crippen molar-refractivity contribution in [2.24, 2.45) is 0 Å². The van der Waals surface area contributed by atoms with Crippen LogP contribution in [0, 0.1) is 11.6 Å². The van der Waals surface area contributed by atoms with Gasteiger partial charge < -0.3 is 9.47 Å². The van der Waals surface area contributed by atoms with Crippen LogP contribution in [0.4, 0.5) is 8.78 Å². The molecule has 34 heavy (non-hydrogen) atoms. The van der Waals surface area contributed by atoms with E-state index >= 15 is 0 Å². The molecule has 3 rings (SSSR count). The summed E-state index contributed by atoms with van der Waals surface area (Å²) in [5, 5.41) is 0. The highest BCUT2D eigenvalue weighted by Gasteiger charge is 2.10. The zero-order chi connectivity index (χ0) is 24.5. The molecule has 0 radical (unpaired) electrons. The molecular formula is C28H20F2O4. The molecule has 3 aromatic carbocycles. The van der Waals surface area contributed by atoms with Gasteiger partial charge >= 0.3 is 11.9 Å². The molecule has 0 unspecified atom stereocenters. The number of carbonyl (C=O) groups excluding carboxylic acids is 2. The minimum atomic E-state index is -0.971. The summed E-state index contributed by atoms with van der Waals surface area (Å²) >= 11 is 0. The van der Waals surface area contributed by atoms with E-state index in [0.717, 1.165) is 12.2 Å². The standard InChI is InChI=1S/C28H20F2O4/c1-3-25(31)33-23-15-7-19(8-16-23)5-11-21-13-14-22(28(30)27(21)29)12-6-20-9-17-24(18-10-20)34-26(32)4-2/h3-18H,1-2H2/b11-5+,12-6+. The summed E-state index contributed by atoms with van der Waals surface area (Å²) in [6.07, 6.45) is 8.27. The van der Waals surface area contributed by atoms with Gasteiger partial charge in [-0.05, 0) is 35.4 Å². The van der Waals surface area contributed by atoms with Crippen molar-refractivity contribution in [2.75, 3.05) is 0 Å². The molecular weight excluding hydrogens is 438 g/mol. The van der Waals surface area contributed by atoms with Gasteiger partial charge in [0.2, 0.25) is 0 Å². The average molecular weight is 458 g/mol. The number of esters is 2. The van der Waals surface area contributed by atoms with E-state index in [2.05, 4.69) is 13.2 Å². The summed E-state index contributed by atoms with van der Waals surface area (Å²) in [6.45, 7) is 6.65. The predicted octanol–water partition coefficient (Wildman–Crippen LogP) is 6.49. The van der Waals surface area contributed by atoms with Gasteiger partial charge in [-0.3, -0.25) is 0 Å². The Kier molecular flexibility index (Phi) is 8.02. The summed E-state index contributed by atoms with van der Waals surface area (Å²) < 4.78 is 39.1. The highest BCUT2D eigenvalue weighted by molar-refractivity contribution is 5.84. The summed E-state index contributed by atoms with van der Waals surface area (Å²) in [4.78, 5) is 22.4. The van der Waals surface area contributed by atoms with E-state index in [4.69, 9.17) is 9.47 Å². The Bertz CT molecular complexity index is 1170. The van der Waals surface area contributed by atoms with Crippen molar-refractivity contribution < 1.29 is 27.8 Å². The van der Waals surface area contributed by atoms with E-state index in [1.165, 1.54) is 24.3 Å². The largest absolute Gasteiger partial charge is 0.423 e. The van der Waals surface area contributed by atoms with Crippen LogP contribution in [-0.4, -0.2) is 11.9 Å². The lowest BCUT2D eigenvalue weighted by molar-refractivity contribution is -0.129. The van der Waals surface area contributed by atoms with Crippen molar-refractivity contribution in [1.82, 2.24) is 0 Å². The van der Waals surface area contributed by atoms with Crippen molar-refractivity contribution in [1.29, 1.82) is 0 Å². The van der Waals surface area contributed by atoms with Crippen molar-refractivity contribution in [3.8, 4) is 11.5 Å². The number of hydrogen-bond acceptors (Lipinski definition) is 4. The maximum Gasteiger partial charge on any atom is 0.335 e. The van der Waals surface area contributed by atoms with Gasteiger partial charge in [-0.1, -0.05) is 73.9 Å². The molecule has 0 aliphatic rings. The zero-order valence-corrected chi connectivity index (χ0v) is 18.0. The van der Waals surface area contributed by atoms with Crippen LogP contribution in [0.25, 0.3) is 24.3 Å². The van der Waals surface area contributed by atoms with Gasteiger partial charge in [0.25, 0.3) is 0 Å². The molecule has 0 aliphatic heterocycles. The first-order valence-corrected chi connectivity index (χ1v) is 10.1. The van der Waals surface area contributed by atoms with Crippen molar-refractivity contribution in [3.05, 3.63) is 120 Å². The molecule has 0 bridgehead atoms. The molecule has 6 heteroatoms. The fourth-order valence-electron chi connectivity index (χ4n) is 2.82.